The Balaban J connectivity index is 2.33. The maximum atomic E-state index is 12.0. The Morgan fingerprint density at radius 1 is 1.28 bits per heavy atom. The lowest BCUT2D eigenvalue weighted by Crippen LogP contribution is -2.50. The Hall–Kier alpha value is -1.14. The molecule has 1 unspecified atom stereocenters. The molecule has 6 nitrogen and oxygen atoms in total. The third kappa shape index (κ3) is 4.62. The number of hydrogen-bond acceptors (Lipinski definition) is 4. The van der Waals surface area contributed by atoms with Crippen molar-refractivity contribution in [2.24, 2.45) is 11.7 Å². The van der Waals surface area contributed by atoms with E-state index in [1.165, 1.54) is 0 Å². The molecule has 0 bridgehead atoms. The van der Waals surface area contributed by atoms with Gasteiger partial charge in [-0.2, -0.15) is 0 Å². The van der Waals surface area contributed by atoms with Crippen LogP contribution >= 0.6 is 0 Å². The topological polar surface area (TPSA) is 86.9 Å². The van der Waals surface area contributed by atoms with Gasteiger partial charge in [-0.25, -0.2) is 0 Å². The number of carboxylic acids is 1. The second-order valence-corrected chi connectivity index (χ2v) is 4.76. The molecule has 1 heterocycles. The average Bonchev–Trinajstić information content (AvgIpc) is 2.35. The van der Waals surface area contributed by atoms with Gasteiger partial charge in [-0.05, 0) is 12.5 Å². The minimum absolute atomic E-state index is 0.0580. The molecule has 3 N–H and O–H groups in total. The van der Waals surface area contributed by atoms with E-state index in [9.17, 15) is 9.59 Å². The van der Waals surface area contributed by atoms with Gasteiger partial charge in [0.05, 0.1) is 6.54 Å². The van der Waals surface area contributed by atoms with E-state index in [1.54, 1.807) is 0 Å². The van der Waals surface area contributed by atoms with Crippen molar-refractivity contribution in [3.8, 4) is 0 Å². The van der Waals surface area contributed by atoms with Gasteiger partial charge in [0.2, 0.25) is 5.91 Å². The molecule has 1 rings (SSSR count). The van der Waals surface area contributed by atoms with Gasteiger partial charge in [0.15, 0.2) is 0 Å². The fourth-order valence-corrected chi connectivity index (χ4v) is 2.12. The van der Waals surface area contributed by atoms with Crippen LogP contribution in [0.4, 0.5) is 0 Å². The molecule has 0 aromatic heterocycles. The molecule has 0 radical (unpaired) electrons. The van der Waals surface area contributed by atoms with Crippen LogP contribution < -0.4 is 5.73 Å². The molecule has 1 fully saturated rings. The Bertz CT molecular complexity index is 284. The van der Waals surface area contributed by atoms with E-state index in [-0.39, 0.29) is 18.4 Å². The predicted octanol–water partition coefficient (Wildman–Crippen LogP) is -0.410. The summed E-state index contributed by atoms with van der Waals surface area (Å²) in [6.45, 7) is 5.15. The first-order chi connectivity index (χ1) is 8.56. The summed E-state index contributed by atoms with van der Waals surface area (Å²) in [5.41, 5.74) is 5.59. The number of amides is 1. The van der Waals surface area contributed by atoms with E-state index in [4.69, 9.17) is 10.8 Å². The molecule has 0 aromatic carbocycles. The molecule has 0 aliphatic carbocycles. The van der Waals surface area contributed by atoms with Crippen LogP contribution in [-0.2, 0) is 9.59 Å². The van der Waals surface area contributed by atoms with E-state index in [0.717, 1.165) is 6.42 Å². The molecule has 104 valence electrons. The fourth-order valence-electron chi connectivity index (χ4n) is 2.12. The van der Waals surface area contributed by atoms with Crippen LogP contribution in [-0.4, -0.2) is 66.1 Å². The number of aliphatic carboxylic acids is 1. The molecule has 6 heteroatoms. The van der Waals surface area contributed by atoms with E-state index in [1.807, 2.05) is 16.7 Å². The number of carbonyl (C=O) groups excluding carboxylic acids is 1. The van der Waals surface area contributed by atoms with Crippen LogP contribution in [0.25, 0.3) is 0 Å². The molecule has 1 atom stereocenters. The maximum absolute atomic E-state index is 12.0. The average molecular weight is 257 g/mol. The second-order valence-electron chi connectivity index (χ2n) is 4.76. The Morgan fingerprint density at radius 3 is 2.33 bits per heavy atom. The SMILES string of the molecule is CCC(CN)CC(=O)N1CCN(CC(=O)O)CC1. The molecule has 0 spiro atoms. The minimum atomic E-state index is -0.816. The van der Waals surface area contributed by atoms with E-state index < -0.39 is 5.97 Å². The summed E-state index contributed by atoms with van der Waals surface area (Å²) in [4.78, 5) is 26.2. The largest absolute Gasteiger partial charge is 0.480 e. The summed E-state index contributed by atoms with van der Waals surface area (Å²) in [5, 5.41) is 8.69. The van der Waals surface area contributed by atoms with Gasteiger partial charge in [-0.3, -0.25) is 14.5 Å². The van der Waals surface area contributed by atoms with E-state index in [0.29, 0.717) is 39.1 Å². The van der Waals surface area contributed by atoms with E-state index in [2.05, 4.69) is 0 Å². The molecule has 0 aromatic rings. The van der Waals surface area contributed by atoms with Crippen LogP contribution in [0, 0.1) is 5.92 Å². The first-order valence-corrected chi connectivity index (χ1v) is 6.48. The zero-order valence-electron chi connectivity index (χ0n) is 11.0. The summed E-state index contributed by atoms with van der Waals surface area (Å²) < 4.78 is 0. The van der Waals surface area contributed by atoms with Crippen molar-refractivity contribution in [1.82, 2.24) is 9.80 Å². The Kier molecular flexibility index (Phi) is 6.07. The minimum Gasteiger partial charge on any atom is -0.480 e. The van der Waals surface area contributed by atoms with Crippen molar-refractivity contribution in [2.45, 2.75) is 19.8 Å². The number of nitrogens with zero attached hydrogens (tertiary/aromatic N) is 2. The van der Waals surface area contributed by atoms with Gasteiger partial charge >= 0.3 is 5.97 Å². The van der Waals surface area contributed by atoms with Gasteiger partial charge in [0, 0.05) is 32.6 Å². The highest BCUT2D eigenvalue weighted by Crippen LogP contribution is 2.11. The molecule has 1 saturated heterocycles. The van der Waals surface area contributed by atoms with Gasteiger partial charge in [0.25, 0.3) is 0 Å². The quantitative estimate of drug-likeness (QED) is 0.675. The van der Waals surface area contributed by atoms with Crippen LogP contribution in [0.3, 0.4) is 0 Å². The molecule has 1 aliphatic rings. The van der Waals surface area contributed by atoms with Gasteiger partial charge < -0.3 is 15.7 Å². The van der Waals surface area contributed by atoms with E-state index >= 15 is 0 Å². The van der Waals surface area contributed by atoms with Crippen LogP contribution in [0.2, 0.25) is 0 Å². The van der Waals surface area contributed by atoms with Crippen LogP contribution in [0.15, 0.2) is 0 Å². The van der Waals surface area contributed by atoms with Gasteiger partial charge in [-0.1, -0.05) is 13.3 Å². The monoisotopic (exact) mass is 257 g/mol. The van der Waals surface area contributed by atoms with Crippen molar-refractivity contribution < 1.29 is 14.7 Å². The molecular formula is C12H23N3O3. The normalized spacial score (nSPS) is 18.7. The molecule has 1 amide bonds. The van der Waals surface area contributed by atoms with Crippen molar-refractivity contribution in [2.75, 3.05) is 39.3 Å². The molecular weight excluding hydrogens is 234 g/mol. The lowest BCUT2D eigenvalue weighted by atomic mass is 10.0. The lowest BCUT2D eigenvalue weighted by molar-refractivity contribution is -0.139. The Morgan fingerprint density at radius 2 is 1.89 bits per heavy atom. The van der Waals surface area contributed by atoms with Crippen molar-refractivity contribution in [1.29, 1.82) is 0 Å². The van der Waals surface area contributed by atoms with Gasteiger partial charge in [-0.15, -0.1) is 0 Å². The van der Waals surface area contributed by atoms with Gasteiger partial charge in [0.1, 0.15) is 0 Å². The first-order valence-electron chi connectivity index (χ1n) is 6.48. The van der Waals surface area contributed by atoms with Crippen LogP contribution in [0.1, 0.15) is 19.8 Å². The highest BCUT2D eigenvalue weighted by Gasteiger charge is 2.23. The maximum Gasteiger partial charge on any atom is 0.317 e. The van der Waals surface area contributed by atoms with Crippen molar-refractivity contribution in [3.05, 3.63) is 0 Å². The van der Waals surface area contributed by atoms with Crippen LogP contribution in [0.5, 0.6) is 0 Å². The molecule has 1 aliphatic heterocycles. The van der Waals surface area contributed by atoms with Crippen molar-refractivity contribution in [3.63, 3.8) is 0 Å². The standard InChI is InChI=1S/C12H23N3O3/c1-2-10(8-13)7-11(16)15-5-3-14(4-6-15)9-12(17)18/h10H,2-9,13H2,1H3,(H,17,18). The summed E-state index contributed by atoms with van der Waals surface area (Å²) in [7, 11) is 0. The summed E-state index contributed by atoms with van der Waals surface area (Å²) in [6, 6.07) is 0. The second kappa shape index (κ2) is 7.33. The Labute approximate surface area is 108 Å². The number of nitrogens with two attached hydrogens (primary N) is 1. The number of hydrogen-bond donors (Lipinski definition) is 2. The molecule has 0 saturated carbocycles. The smallest absolute Gasteiger partial charge is 0.317 e. The highest BCUT2D eigenvalue weighted by molar-refractivity contribution is 5.76. The first kappa shape index (κ1) is 14.9. The number of rotatable bonds is 6. The number of carboxylic acid groups (broad SMARTS) is 1. The zero-order chi connectivity index (χ0) is 13.5. The predicted molar refractivity (Wildman–Crippen MR) is 68.1 cm³/mol. The fraction of sp³-hybridized carbons (Fsp3) is 0.833. The summed E-state index contributed by atoms with van der Waals surface area (Å²) >= 11 is 0. The number of piperazine rings is 1. The molecule has 18 heavy (non-hydrogen) atoms. The summed E-state index contributed by atoms with van der Waals surface area (Å²) in [6.07, 6.45) is 1.42. The third-order valence-corrected chi connectivity index (χ3v) is 3.46. The zero-order valence-corrected chi connectivity index (χ0v) is 11.0. The summed E-state index contributed by atoms with van der Waals surface area (Å²) in [5.74, 6) is -0.416. The number of carbonyl (C=O) groups is 2. The van der Waals surface area contributed by atoms with Crippen molar-refractivity contribution >= 4 is 11.9 Å². The third-order valence-electron chi connectivity index (χ3n) is 3.46. The highest BCUT2D eigenvalue weighted by atomic mass is 16.4. The lowest BCUT2D eigenvalue weighted by Gasteiger charge is -2.34.